The van der Waals surface area contributed by atoms with Crippen LogP contribution in [0.1, 0.15) is 25.0 Å². The van der Waals surface area contributed by atoms with Gasteiger partial charge in [-0.2, -0.15) is 0 Å². The number of rotatable bonds is 6. The molecular formula is C60H42N4. The molecule has 0 aliphatic heterocycles. The van der Waals surface area contributed by atoms with Crippen LogP contribution in [0.3, 0.4) is 0 Å². The van der Waals surface area contributed by atoms with Crippen molar-refractivity contribution in [2.45, 2.75) is 19.3 Å². The Kier molecular flexibility index (Phi) is 7.92. The van der Waals surface area contributed by atoms with E-state index in [-0.39, 0.29) is 5.41 Å². The number of imidazole rings is 1. The summed E-state index contributed by atoms with van der Waals surface area (Å²) in [6, 6.07) is 79.5. The lowest BCUT2D eigenvalue weighted by Gasteiger charge is -2.30. The summed E-state index contributed by atoms with van der Waals surface area (Å²) >= 11 is 0. The number of anilines is 3. The molecule has 1 aliphatic carbocycles. The second-order valence-electron chi connectivity index (χ2n) is 17.5. The lowest BCUT2D eigenvalue weighted by Crippen LogP contribution is -2.16. The van der Waals surface area contributed by atoms with Crippen LogP contribution >= 0.6 is 0 Å². The fraction of sp³-hybridized carbons (Fsp3) is 0.0500. The van der Waals surface area contributed by atoms with Crippen molar-refractivity contribution in [3.05, 3.63) is 230 Å². The highest BCUT2D eigenvalue weighted by Crippen LogP contribution is 2.55. The molecule has 4 heteroatoms. The predicted octanol–water partition coefficient (Wildman–Crippen LogP) is 15.8. The Bertz CT molecular complexity index is 3800. The molecule has 0 bridgehead atoms. The Hall–Kier alpha value is -8.21. The summed E-state index contributed by atoms with van der Waals surface area (Å²) in [5.41, 5.74) is 19.6. The summed E-state index contributed by atoms with van der Waals surface area (Å²) in [6.45, 7) is 4.71. The Morgan fingerprint density at radius 1 is 0.438 bits per heavy atom. The SMILES string of the molecule is CC1(C)c2ccccc2-c2c(N(c3ccc(-c4ccc5c(c4)c4nc6c7ccccc7c7ccccc7n6c4n5-c4ccccc4)cc3)c3ccccc3-c3ccccc3)cccc21. The summed E-state index contributed by atoms with van der Waals surface area (Å²) in [4.78, 5) is 8.00. The standard InChI is InChI=1S/C60H42N4/c1-60(2)50-27-14-11-26-48(50)56-51(60)28-17-31-55(56)62(52-29-15-12-22-44(52)40-18-5-3-6-19-40)43-35-32-39(33-36-43)41-34-37-54-49(38-41)57-59(63(54)42-20-7-4-8-21-42)64-53-30-16-13-24-46(53)45-23-9-10-25-47(45)58(64)61-57/h3-38H,1-2H3. The molecule has 0 amide bonds. The van der Waals surface area contributed by atoms with Crippen molar-refractivity contribution in [1.29, 1.82) is 0 Å². The molecule has 64 heavy (non-hydrogen) atoms. The number of nitrogens with zero attached hydrogens (tertiary/aromatic N) is 4. The van der Waals surface area contributed by atoms with E-state index in [9.17, 15) is 0 Å². The zero-order valence-electron chi connectivity index (χ0n) is 35.6. The topological polar surface area (TPSA) is 25.5 Å². The van der Waals surface area contributed by atoms with Gasteiger partial charge in [0.25, 0.3) is 0 Å². The number of hydrogen-bond donors (Lipinski definition) is 0. The van der Waals surface area contributed by atoms with Crippen LogP contribution < -0.4 is 4.90 Å². The molecule has 3 aromatic heterocycles. The van der Waals surface area contributed by atoms with Crippen molar-refractivity contribution in [2.75, 3.05) is 4.90 Å². The second kappa shape index (κ2) is 13.9. The van der Waals surface area contributed by atoms with E-state index in [2.05, 4.69) is 246 Å². The Morgan fingerprint density at radius 2 is 1.06 bits per heavy atom. The van der Waals surface area contributed by atoms with Gasteiger partial charge in [-0.1, -0.05) is 178 Å². The van der Waals surface area contributed by atoms with E-state index < -0.39 is 0 Å². The van der Waals surface area contributed by atoms with Gasteiger partial charge in [-0.3, -0.25) is 8.97 Å². The quantitative estimate of drug-likeness (QED) is 0.156. The minimum Gasteiger partial charge on any atom is -0.309 e. The summed E-state index contributed by atoms with van der Waals surface area (Å²) in [6.07, 6.45) is 0. The van der Waals surface area contributed by atoms with Crippen molar-refractivity contribution in [3.8, 4) is 39.1 Å². The van der Waals surface area contributed by atoms with Gasteiger partial charge in [0.1, 0.15) is 11.2 Å². The number of pyridine rings is 1. The van der Waals surface area contributed by atoms with Gasteiger partial charge in [-0.05, 0) is 93.4 Å². The van der Waals surface area contributed by atoms with E-state index in [0.29, 0.717) is 0 Å². The van der Waals surface area contributed by atoms with Gasteiger partial charge in [0, 0.05) is 44.1 Å². The third-order valence-electron chi connectivity index (χ3n) is 13.7. The number of hydrogen-bond acceptors (Lipinski definition) is 2. The van der Waals surface area contributed by atoms with Crippen molar-refractivity contribution >= 4 is 66.5 Å². The van der Waals surface area contributed by atoms with Gasteiger partial charge < -0.3 is 4.90 Å². The minimum atomic E-state index is -0.124. The number of fused-ring (bicyclic) bond motifs is 13. The number of para-hydroxylation sites is 3. The van der Waals surface area contributed by atoms with E-state index in [4.69, 9.17) is 4.98 Å². The Balaban J connectivity index is 1.01. The molecule has 0 saturated heterocycles. The second-order valence-corrected chi connectivity index (χ2v) is 17.5. The monoisotopic (exact) mass is 818 g/mol. The highest BCUT2D eigenvalue weighted by Gasteiger charge is 2.38. The smallest absolute Gasteiger partial charge is 0.151 e. The van der Waals surface area contributed by atoms with E-state index in [1.165, 1.54) is 49.8 Å². The molecule has 4 nitrogen and oxygen atoms in total. The van der Waals surface area contributed by atoms with E-state index in [1.807, 2.05) is 0 Å². The molecule has 302 valence electrons. The van der Waals surface area contributed by atoms with Crippen LogP contribution in [0.5, 0.6) is 0 Å². The first kappa shape index (κ1) is 36.4. The molecule has 13 rings (SSSR count). The summed E-state index contributed by atoms with van der Waals surface area (Å²) in [5.74, 6) is 0. The van der Waals surface area contributed by atoms with Gasteiger partial charge in [0.15, 0.2) is 5.65 Å². The van der Waals surface area contributed by atoms with Crippen molar-refractivity contribution in [2.24, 2.45) is 0 Å². The lowest BCUT2D eigenvalue weighted by molar-refractivity contribution is 0.660. The zero-order chi connectivity index (χ0) is 42.5. The summed E-state index contributed by atoms with van der Waals surface area (Å²) < 4.78 is 4.76. The third-order valence-corrected chi connectivity index (χ3v) is 13.7. The lowest BCUT2D eigenvalue weighted by atomic mass is 9.82. The molecule has 0 fully saturated rings. The van der Waals surface area contributed by atoms with Crippen LogP contribution in [0, 0.1) is 0 Å². The van der Waals surface area contributed by atoms with E-state index in [1.54, 1.807) is 0 Å². The first-order chi connectivity index (χ1) is 31.5. The van der Waals surface area contributed by atoms with Crippen LogP contribution in [0.15, 0.2) is 218 Å². The molecule has 0 N–H and O–H groups in total. The third kappa shape index (κ3) is 5.26. The number of aromatic nitrogens is 3. The van der Waals surface area contributed by atoms with Gasteiger partial charge >= 0.3 is 0 Å². The van der Waals surface area contributed by atoms with Crippen molar-refractivity contribution < 1.29 is 0 Å². The van der Waals surface area contributed by atoms with Crippen molar-refractivity contribution in [3.63, 3.8) is 0 Å². The summed E-state index contributed by atoms with van der Waals surface area (Å²) in [5, 5.41) is 4.69. The van der Waals surface area contributed by atoms with Gasteiger partial charge in [0.05, 0.1) is 22.4 Å². The molecule has 0 unspecified atom stereocenters. The minimum absolute atomic E-state index is 0.124. The van der Waals surface area contributed by atoms with Crippen LogP contribution in [0.25, 0.3) is 88.5 Å². The largest absolute Gasteiger partial charge is 0.309 e. The number of benzene rings is 9. The Morgan fingerprint density at radius 3 is 1.88 bits per heavy atom. The molecule has 0 radical (unpaired) electrons. The molecule has 9 aromatic carbocycles. The molecule has 3 heterocycles. The van der Waals surface area contributed by atoms with Crippen LogP contribution in [0.4, 0.5) is 17.1 Å². The highest BCUT2D eigenvalue weighted by atomic mass is 15.2. The maximum Gasteiger partial charge on any atom is 0.151 e. The maximum atomic E-state index is 5.53. The highest BCUT2D eigenvalue weighted by molar-refractivity contribution is 6.17. The van der Waals surface area contributed by atoms with E-state index >= 15 is 0 Å². The summed E-state index contributed by atoms with van der Waals surface area (Å²) in [7, 11) is 0. The fourth-order valence-corrected chi connectivity index (χ4v) is 10.7. The average Bonchev–Trinajstić information content (AvgIpc) is 3.98. The average molecular weight is 819 g/mol. The molecular weight excluding hydrogens is 777 g/mol. The predicted molar refractivity (Wildman–Crippen MR) is 268 cm³/mol. The van der Waals surface area contributed by atoms with Gasteiger partial charge in [-0.25, -0.2) is 4.98 Å². The Labute approximate surface area is 371 Å². The molecule has 12 aromatic rings. The maximum absolute atomic E-state index is 5.53. The van der Waals surface area contributed by atoms with Crippen LogP contribution in [0.2, 0.25) is 0 Å². The molecule has 0 saturated carbocycles. The fourth-order valence-electron chi connectivity index (χ4n) is 10.7. The molecule has 0 atom stereocenters. The van der Waals surface area contributed by atoms with Gasteiger partial charge in [-0.15, -0.1) is 0 Å². The zero-order valence-corrected chi connectivity index (χ0v) is 35.6. The van der Waals surface area contributed by atoms with Crippen LogP contribution in [-0.2, 0) is 5.41 Å². The van der Waals surface area contributed by atoms with E-state index in [0.717, 1.165) is 66.8 Å². The van der Waals surface area contributed by atoms with Crippen LogP contribution in [-0.4, -0.2) is 14.0 Å². The first-order valence-electron chi connectivity index (χ1n) is 22.1. The van der Waals surface area contributed by atoms with Crippen molar-refractivity contribution in [1.82, 2.24) is 14.0 Å². The molecule has 0 spiro atoms. The molecule has 1 aliphatic rings. The van der Waals surface area contributed by atoms with Gasteiger partial charge in [0.2, 0.25) is 0 Å². The normalized spacial score (nSPS) is 13.0. The first-order valence-corrected chi connectivity index (χ1v) is 22.1.